The van der Waals surface area contributed by atoms with Gasteiger partial charge in [0.15, 0.2) is 0 Å². The topological polar surface area (TPSA) is 46.5 Å². The Balaban J connectivity index is 2.39. The van der Waals surface area contributed by atoms with E-state index in [9.17, 15) is 4.79 Å². The Bertz CT molecular complexity index is 325. The van der Waals surface area contributed by atoms with Crippen LogP contribution in [0.25, 0.3) is 0 Å². The third-order valence-electron chi connectivity index (χ3n) is 1.63. The molecule has 1 rings (SSSR count). The summed E-state index contributed by atoms with van der Waals surface area (Å²) in [5, 5.41) is 8.30. The number of carboxylic acids is 1. The number of benzene rings is 1. The van der Waals surface area contributed by atoms with E-state index < -0.39 is 5.97 Å². The van der Waals surface area contributed by atoms with Gasteiger partial charge in [0.1, 0.15) is 12.4 Å². The highest BCUT2D eigenvalue weighted by molar-refractivity contribution is 5.79. The molecule has 0 heterocycles. The van der Waals surface area contributed by atoms with Crippen LogP contribution in [0.2, 0.25) is 0 Å². The van der Waals surface area contributed by atoms with Gasteiger partial charge in [-0.2, -0.15) is 0 Å². The van der Waals surface area contributed by atoms with E-state index in [0.717, 1.165) is 11.8 Å². The number of ether oxygens (including phenoxy) is 1. The lowest BCUT2D eigenvalue weighted by atomic mass is 10.2. The van der Waals surface area contributed by atoms with E-state index in [4.69, 9.17) is 9.84 Å². The lowest BCUT2D eigenvalue weighted by molar-refractivity contribution is -0.131. The van der Waals surface area contributed by atoms with Crippen LogP contribution in [0.4, 0.5) is 0 Å². The standard InChI is InChI=1S/C11H12O3/c1-9-4-6-10(7-5-9)14-8-2-3-11(12)13/h2-7H,8H2,1H3,(H,12,13). The minimum absolute atomic E-state index is 0.273. The van der Waals surface area contributed by atoms with E-state index in [-0.39, 0.29) is 6.61 Å². The van der Waals surface area contributed by atoms with Gasteiger partial charge >= 0.3 is 5.97 Å². The quantitative estimate of drug-likeness (QED) is 0.742. The molecule has 3 nitrogen and oxygen atoms in total. The average molecular weight is 192 g/mol. The highest BCUT2D eigenvalue weighted by atomic mass is 16.5. The van der Waals surface area contributed by atoms with Crippen LogP contribution in [-0.4, -0.2) is 17.7 Å². The number of aryl methyl sites for hydroxylation is 1. The van der Waals surface area contributed by atoms with E-state index >= 15 is 0 Å². The van der Waals surface area contributed by atoms with Gasteiger partial charge < -0.3 is 9.84 Å². The van der Waals surface area contributed by atoms with Crippen LogP contribution in [0.1, 0.15) is 5.56 Å². The molecule has 0 amide bonds. The van der Waals surface area contributed by atoms with E-state index in [0.29, 0.717) is 0 Å². The first-order valence-electron chi connectivity index (χ1n) is 4.27. The first-order valence-corrected chi connectivity index (χ1v) is 4.27. The van der Waals surface area contributed by atoms with Gasteiger partial charge in [0.25, 0.3) is 0 Å². The Morgan fingerprint density at radius 3 is 2.64 bits per heavy atom. The van der Waals surface area contributed by atoms with Crippen molar-refractivity contribution in [3.63, 3.8) is 0 Å². The maximum Gasteiger partial charge on any atom is 0.328 e. The van der Waals surface area contributed by atoms with Crippen LogP contribution in [0.5, 0.6) is 5.75 Å². The molecule has 0 aliphatic rings. The summed E-state index contributed by atoms with van der Waals surface area (Å²) in [5.41, 5.74) is 1.17. The fourth-order valence-corrected chi connectivity index (χ4v) is 0.928. The normalized spacial score (nSPS) is 10.4. The van der Waals surface area contributed by atoms with Gasteiger partial charge in [-0.1, -0.05) is 17.7 Å². The summed E-state index contributed by atoms with van der Waals surface area (Å²) in [5.74, 6) is -0.219. The molecule has 0 atom stereocenters. The van der Waals surface area contributed by atoms with Crippen LogP contribution < -0.4 is 4.74 Å². The van der Waals surface area contributed by atoms with E-state index in [1.54, 1.807) is 0 Å². The number of carbonyl (C=O) groups is 1. The molecule has 0 unspecified atom stereocenters. The molecule has 74 valence electrons. The summed E-state index contributed by atoms with van der Waals surface area (Å²) in [6.45, 7) is 2.27. The van der Waals surface area contributed by atoms with Crippen molar-refractivity contribution in [3.8, 4) is 5.75 Å². The number of rotatable bonds is 4. The van der Waals surface area contributed by atoms with E-state index in [1.807, 2.05) is 31.2 Å². The molecule has 0 fully saturated rings. The van der Waals surface area contributed by atoms with Crippen molar-refractivity contribution < 1.29 is 14.6 Å². The zero-order valence-corrected chi connectivity index (χ0v) is 7.93. The van der Waals surface area contributed by atoms with Crippen molar-refractivity contribution >= 4 is 5.97 Å². The molecule has 1 aromatic carbocycles. The molecule has 0 bridgehead atoms. The van der Waals surface area contributed by atoms with E-state index in [1.165, 1.54) is 11.6 Å². The second kappa shape index (κ2) is 5.07. The van der Waals surface area contributed by atoms with Gasteiger partial charge in [0.05, 0.1) is 0 Å². The minimum Gasteiger partial charge on any atom is -0.490 e. The number of hydrogen-bond donors (Lipinski definition) is 1. The van der Waals surface area contributed by atoms with Crippen molar-refractivity contribution in [2.24, 2.45) is 0 Å². The Morgan fingerprint density at radius 2 is 2.07 bits per heavy atom. The molecule has 3 heteroatoms. The molecule has 0 saturated carbocycles. The Hall–Kier alpha value is -1.77. The molecule has 0 spiro atoms. The highest BCUT2D eigenvalue weighted by Gasteiger charge is 1.90. The zero-order chi connectivity index (χ0) is 10.4. The molecule has 0 aromatic heterocycles. The fraction of sp³-hybridized carbons (Fsp3) is 0.182. The maximum atomic E-state index is 10.1. The Kier molecular flexibility index (Phi) is 3.73. The molecule has 14 heavy (non-hydrogen) atoms. The summed E-state index contributed by atoms with van der Waals surface area (Å²) in [4.78, 5) is 10.1. The van der Waals surface area contributed by atoms with Gasteiger partial charge in [0, 0.05) is 6.08 Å². The molecule has 0 radical (unpaired) electrons. The van der Waals surface area contributed by atoms with Gasteiger partial charge in [0.2, 0.25) is 0 Å². The summed E-state index contributed by atoms with van der Waals surface area (Å²) < 4.78 is 5.26. The first kappa shape index (κ1) is 10.3. The smallest absolute Gasteiger partial charge is 0.328 e. The van der Waals surface area contributed by atoms with Crippen LogP contribution in [-0.2, 0) is 4.79 Å². The molecule has 1 N–H and O–H groups in total. The van der Waals surface area contributed by atoms with Crippen LogP contribution in [0, 0.1) is 6.92 Å². The predicted molar refractivity (Wildman–Crippen MR) is 53.4 cm³/mol. The SMILES string of the molecule is Cc1ccc(OCC=CC(=O)O)cc1. The average Bonchev–Trinajstić information content (AvgIpc) is 2.15. The summed E-state index contributed by atoms with van der Waals surface area (Å²) in [7, 11) is 0. The highest BCUT2D eigenvalue weighted by Crippen LogP contribution is 2.10. The number of hydrogen-bond acceptors (Lipinski definition) is 2. The second-order valence-corrected chi connectivity index (χ2v) is 2.86. The zero-order valence-electron chi connectivity index (χ0n) is 7.93. The minimum atomic E-state index is -0.961. The van der Waals surface area contributed by atoms with Gasteiger partial charge in [-0.15, -0.1) is 0 Å². The Labute approximate surface area is 82.6 Å². The van der Waals surface area contributed by atoms with Crippen molar-refractivity contribution in [1.82, 2.24) is 0 Å². The summed E-state index contributed by atoms with van der Waals surface area (Å²) in [6.07, 6.45) is 2.52. The molecule has 0 saturated heterocycles. The molecule has 1 aromatic rings. The van der Waals surface area contributed by atoms with Gasteiger partial charge in [-0.3, -0.25) is 0 Å². The summed E-state index contributed by atoms with van der Waals surface area (Å²) in [6, 6.07) is 7.58. The third kappa shape index (κ3) is 3.76. The molecular formula is C11H12O3. The number of carboxylic acid groups (broad SMARTS) is 1. The van der Waals surface area contributed by atoms with Crippen LogP contribution >= 0.6 is 0 Å². The molecule has 0 aliphatic heterocycles. The Morgan fingerprint density at radius 1 is 1.43 bits per heavy atom. The lowest BCUT2D eigenvalue weighted by Crippen LogP contribution is -1.95. The van der Waals surface area contributed by atoms with E-state index in [2.05, 4.69) is 0 Å². The van der Waals surface area contributed by atoms with Crippen molar-refractivity contribution in [2.75, 3.05) is 6.61 Å². The van der Waals surface area contributed by atoms with Crippen molar-refractivity contribution in [3.05, 3.63) is 42.0 Å². The third-order valence-corrected chi connectivity index (χ3v) is 1.63. The number of aliphatic carboxylic acids is 1. The second-order valence-electron chi connectivity index (χ2n) is 2.86. The predicted octanol–water partition coefficient (Wildman–Crippen LogP) is 2.01. The fourth-order valence-electron chi connectivity index (χ4n) is 0.928. The van der Waals surface area contributed by atoms with Gasteiger partial charge in [-0.25, -0.2) is 4.79 Å². The van der Waals surface area contributed by atoms with Crippen LogP contribution in [0.3, 0.4) is 0 Å². The first-order chi connectivity index (χ1) is 6.68. The molecule has 0 aliphatic carbocycles. The van der Waals surface area contributed by atoms with Crippen molar-refractivity contribution in [1.29, 1.82) is 0 Å². The van der Waals surface area contributed by atoms with Crippen LogP contribution in [0.15, 0.2) is 36.4 Å². The van der Waals surface area contributed by atoms with Gasteiger partial charge in [-0.05, 0) is 25.1 Å². The maximum absolute atomic E-state index is 10.1. The molecular weight excluding hydrogens is 180 g/mol. The monoisotopic (exact) mass is 192 g/mol. The lowest BCUT2D eigenvalue weighted by Gasteiger charge is -2.02. The largest absolute Gasteiger partial charge is 0.490 e. The van der Waals surface area contributed by atoms with Crippen molar-refractivity contribution in [2.45, 2.75) is 6.92 Å². The summed E-state index contributed by atoms with van der Waals surface area (Å²) >= 11 is 0.